The number of hydrogen-bond donors (Lipinski definition) is 1. The number of rotatable bonds is 5. The van der Waals surface area contributed by atoms with Gasteiger partial charge in [-0.3, -0.25) is 4.79 Å². The standard InChI is InChI=1S/C15H13BrFNO3S/c1-9(14(19)18-8-11-3-2-6-22-11)21-15(20)12-5-4-10(17)7-13(12)16/h2-7,9H,8H2,1H3,(H,18,19)/t9-/m1/s1. The van der Waals surface area contributed by atoms with E-state index in [2.05, 4.69) is 21.2 Å². The number of carbonyl (C=O) groups is 2. The first-order chi connectivity index (χ1) is 10.5. The summed E-state index contributed by atoms with van der Waals surface area (Å²) in [6, 6.07) is 7.41. The number of carbonyl (C=O) groups excluding carboxylic acids is 2. The quantitative estimate of drug-likeness (QED) is 0.801. The minimum absolute atomic E-state index is 0.166. The zero-order valence-corrected chi connectivity index (χ0v) is 14.0. The van der Waals surface area contributed by atoms with Gasteiger partial charge in [0, 0.05) is 9.35 Å². The van der Waals surface area contributed by atoms with E-state index >= 15 is 0 Å². The maximum absolute atomic E-state index is 13.0. The Morgan fingerprint density at radius 3 is 2.82 bits per heavy atom. The molecular formula is C15H13BrFNO3S. The van der Waals surface area contributed by atoms with Crippen molar-refractivity contribution in [3.63, 3.8) is 0 Å². The Morgan fingerprint density at radius 2 is 2.18 bits per heavy atom. The normalized spacial score (nSPS) is 11.8. The van der Waals surface area contributed by atoms with E-state index in [1.54, 1.807) is 0 Å². The fourth-order valence-corrected chi connectivity index (χ4v) is 2.82. The Morgan fingerprint density at radius 1 is 1.41 bits per heavy atom. The second kappa shape index (κ2) is 7.51. The summed E-state index contributed by atoms with van der Waals surface area (Å²) < 4.78 is 18.4. The van der Waals surface area contributed by atoms with Crippen LogP contribution in [0.15, 0.2) is 40.2 Å². The van der Waals surface area contributed by atoms with Gasteiger partial charge in [0.15, 0.2) is 6.10 Å². The van der Waals surface area contributed by atoms with Crippen LogP contribution in [-0.4, -0.2) is 18.0 Å². The topological polar surface area (TPSA) is 55.4 Å². The first-order valence-corrected chi connectivity index (χ1v) is 8.11. The van der Waals surface area contributed by atoms with Crippen molar-refractivity contribution >= 4 is 39.1 Å². The maximum Gasteiger partial charge on any atom is 0.340 e. The molecule has 1 amide bonds. The molecule has 22 heavy (non-hydrogen) atoms. The molecule has 0 radical (unpaired) electrons. The molecule has 2 rings (SSSR count). The molecule has 4 nitrogen and oxygen atoms in total. The average Bonchev–Trinajstić information content (AvgIpc) is 2.97. The second-order valence-corrected chi connectivity index (χ2v) is 6.36. The summed E-state index contributed by atoms with van der Waals surface area (Å²) in [6.07, 6.45) is -0.940. The minimum Gasteiger partial charge on any atom is -0.449 e. The Labute approximate surface area is 139 Å². The second-order valence-electron chi connectivity index (χ2n) is 4.47. The van der Waals surface area contributed by atoms with Crippen LogP contribution in [0.3, 0.4) is 0 Å². The van der Waals surface area contributed by atoms with Crippen molar-refractivity contribution in [1.29, 1.82) is 0 Å². The van der Waals surface area contributed by atoms with Crippen molar-refractivity contribution in [1.82, 2.24) is 5.32 Å². The average molecular weight is 386 g/mol. The predicted octanol–water partition coefficient (Wildman–Crippen LogP) is 3.51. The zero-order valence-electron chi connectivity index (χ0n) is 11.6. The van der Waals surface area contributed by atoms with E-state index in [9.17, 15) is 14.0 Å². The molecular weight excluding hydrogens is 373 g/mol. The molecule has 116 valence electrons. The van der Waals surface area contributed by atoms with Gasteiger partial charge in [-0.15, -0.1) is 11.3 Å². The smallest absolute Gasteiger partial charge is 0.340 e. The van der Waals surface area contributed by atoms with Gasteiger partial charge in [0.25, 0.3) is 5.91 Å². The van der Waals surface area contributed by atoms with E-state index in [4.69, 9.17) is 4.74 Å². The maximum atomic E-state index is 13.0. The third-order valence-electron chi connectivity index (χ3n) is 2.82. The van der Waals surface area contributed by atoms with Crippen molar-refractivity contribution in [3.05, 3.63) is 56.4 Å². The van der Waals surface area contributed by atoms with Gasteiger partial charge in [0.05, 0.1) is 12.1 Å². The lowest BCUT2D eigenvalue weighted by atomic mass is 10.2. The molecule has 0 aliphatic carbocycles. The molecule has 1 N–H and O–H groups in total. The lowest BCUT2D eigenvalue weighted by molar-refractivity contribution is -0.129. The summed E-state index contributed by atoms with van der Waals surface area (Å²) >= 11 is 4.62. The summed E-state index contributed by atoms with van der Waals surface area (Å²) in [5, 5.41) is 4.60. The molecule has 1 aromatic carbocycles. The number of halogens is 2. The molecule has 0 saturated carbocycles. The monoisotopic (exact) mass is 385 g/mol. The van der Waals surface area contributed by atoms with Gasteiger partial charge in [-0.2, -0.15) is 0 Å². The summed E-state index contributed by atoms with van der Waals surface area (Å²) in [5.74, 6) is -1.55. The van der Waals surface area contributed by atoms with E-state index in [-0.39, 0.29) is 15.9 Å². The van der Waals surface area contributed by atoms with Crippen LogP contribution >= 0.6 is 27.3 Å². The van der Waals surface area contributed by atoms with Crippen molar-refractivity contribution in [3.8, 4) is 0 Å². The highest BCUT2D eigenvalue weighted by atomic mass is 79.9. The third-order valence-corrected chi connectivity index (χ3v) is 4.35. The first-order valence-electron chi connectivity index (χ1n) is 6.43. The van der Waals surface area contributed by atoms with Gasteiger partial charge in [-0.05, 0) is 52.5 Å². The van der Waals surface area contributed by atoms with Crippen LogP contribution in [0, 0.1) is 5.82 Å². The lowest BCUT2D eigenvalue weighted by Gasteiger charge is -2.13. The molecule has 0 fully saturated rings. The summed E-state index contributed by atoms with van der Waals surface area (Å²) in [6.45, 7) is 1.87. The predicted molar refractivity (Wildman–Crippen MR) is 85.1 cm³/mol. The van der Waals surface area contributed by atoms with Gasteiger partial charge in [-0.1, -0.05) is 6.07 Å². The van der Waals surface area contributed by atoms with E-state index in [0.717, 1.165) is 17.0 Å². The molecule has 7 heteroatoms. The SMILES string of the molecule is C[C@@H](OC(=O)c1ccc(F)cc1Br)C(=O)NCc1cccs1. The fourth-order valence-electron chi connectivity index (χ4n) is 1.66. The van der Waals surface area contributed by atoms with Crippen molar-refractivity contribution in [2.45, 2.75) is 19.6 Å². The van der Waals surface area contributed by atoms with E-state index in [1.807, 2.05) is 17.5 Å². The molecule has 0 saturated heterocycles. The number of amides is 1. The van der Waals surface area contributed by atoms with E-state index in [1.165, 1.54) is 24.3 Å². The van der Waals surface area contributed by atoms with Gasteiger partial charge in [0.1, 0.15) is 5.82 Å². The fraction of sp³-hybridized carbons (Fsp3) is 0.200. The molecule has 0 aliphatic rings. The van der Waals surface area contributed by atoms with Crippen LogP contribution in [0.25, 0.3) is 0 Å². The molecule has 1 heterocycles. The van der Waals surface area contributed by atoms with E-state index in [0.29, 0.717) is 6.54 Å². The Kier molecular flexibility index (Phi) is 5.68. The molecule has 0 unspecified atom stereocenters. The molecule has 1 aromatic heterocycles. The van der Waals surface area contributed by atoms with Crippen LogP contribution in [0.2, 0.25) is 0 Å². The molecule has 0 spiro atoms. The first kappa shape index (κ1) is 16.6. The van der Waals surface area contributed by atoms with Crippen LogP contribution in [0.5, 0.6) is 0 Å². The summed E-state index contributed by atoms with van der Waals surface area (Å²) in [7, 11) is 0. The van der Waals surface area contributed by atoms with Gasteiger partial charge in [0.2, 0.25) is 0 Å². The number of benzene rings is 1. The van der Waals surface area contributed by atoms with Gasteiger partial charge in [-0.25, -0.2) is 9.18 Å². The van der Waals surface area contributed by atoms with Crippen molar-refractivity contribution in [2.24, 2.45) is 0 Å². The zero-order chi connectivity index (χ0) is 16.1. The molecule has 0 aliphatic heterocycles. The number of hydrogen-bond acceptors (Lipinski definition) is 4. The Bertz CT molecular complexity index is 675. The highest BCUT2D eigenvalue weighted by molar-refractivity contribution is 9.10. The largest absolute Gasteiger partial charge is 0.449 e. The van der Waals surface area contributed by atoms with Crippen molar-refractivity contribution < 1.29 is 18.7 Å². The van der Waals surface area contributed by atoms with Crippen LogP contribution < -0.4 is 5.32 Å². The number of esters is 1. The highest BCUT2D eigenvalue weighted by Gasteiger charge is 2.20. The Balaban J connectivity index is 1.91. The van der Waals surface area contributed by atoms with E-state index < -0.39 is 17.9 Å². The molecule has 2 aromatic rings. The number of ether oxygens (including phenoxy) is 1. The summed E-state index contributed by atoms with van der Waals surface area (Å²) in [5.41, 5.74) is 0.166. The van der Waals surface area contributed by atoms with Crippen LogP contribution in [0.1, 0.15) is 22.2 Å². The third kappa shape index (κ3) is 4.38. The Hall–Kier alpha value is -1.73. The van der Waals surface area contributed by atoms with Crippen molar-refractivity contribution in [2.75, 3.05) is 0 Å². The van der Waals surface area contributed by atoms with Crippen LogP contribution in [0.4, 0.5) is 4.39 Å². The van der Waals surface area contributed by atoms with Gasteiger partial charge >= 0.3 is 5.97 Å². The molecule has 1 atom stereocenters. The van der Waals surface area contributed by atoms with Crippen LogP contribution in [-0.2, 0) is 16.1 Å². The lowest BCUT2D eigenvalue weighted by Crippen LogP contribution is -2.35. The minimum atomic E-state index is -0.940. The molecule has 0 bridgehead atoms. The van der Waals surface area contributed by atoms with Gasteiger partial charge < -0.3 is 10.1 Å². The number of nitrogens with one attached hydrogen (secondary N) is 1. The highest BCUT2D eigenvalue weighted by Crippen LogP contribution is 2.19. The number of thiophene rings is 1. The summed E-state index contributed by atoms with van der Waals surface area (Å²) in [4.78, 5) is 24.9.